The third kappa shape index (κ3) is 3.50. The molecule has 1 rings (SSSR count). The van der Waals surface area contributed by atoms with Gasteiger partial charge in [-0.2, -0.15) is 0 Å². The Morgan fingerprint density at radius 1 is 1.53 bits per heavy atom. The van der Waals surface area contributed by atoms with Crippen LogP contribution in [0, 0.1) is 18.3 Å². The molecule has 5 heteroatoms. The van der Waals surface area contributed by atoms with Gasteiger partial charge in [-0.15, -0.1) is 12.3 Å². The summed E-state index contributed by atoms with van der Waals surface area (Å²) in [5, 5.41) is 11.2. The molecular formula is C10H14N2O3. The first-order valence-electron chi connectivity index (χ1n) is 4.81. The normalized spacial score (nSPS) is 15.3. The van der Waals surface area contributed by atoms with Gasteiger partial charge in [0.25, 0.3) is 0 Å². The lowest BCUT2D eigenvalue weighted by Crippen LogP contribution is -2.54. The van der Waals surface area contributed by atoms with Gasteiger partial charge in [-0.25, -0.2) is 4.79 Å². The molecule has 2 N–H and O–H groups in total. The first kappa shape index (κ1) is 11.4. The Kier molecular flexibility index (Phi) is 3.98. The van der Waals surface area contributed by atoms with Gasteiger partial charge >= 0.3 is 12.0 Å². The highest BCUT2D eigenvalue weighted by molar-refractivity contribution is 5.75. The Labute approximate surface area is 88.4 Å². The van der Waals surface area contributed by atoms with Crippen molar-refractivity contribution in [1.82, 2.24) is 10.2 Å². The maximum atomic E-state index is 11.3. The van der Waals surface area contributed by atoms with Crippen molar-refractivity contribution in [2.75, 3.05) is 19.6 Å². The van der Waals surface area contributed by atoms with Gasteiger partial charge in [0.15, 0.2) is 0 Å². The Morgan fingerprint density at radius 2 is 2.20 bits per heavy atom. The minimum absolute atomic E-state index is 0.0980. The van der Waals surface area contributed by atoms with Crippen molar-refractivity contribution in [1.29, 1.82) is 0 Å². The number of carbonyl (C=O) groups is 2. The molecule has 0 aromatic rings. The van der Waals surface area contributed by atoms with E-state index < -0.39 is 5.97 Å². The largest absolute Gasteiger partial charge is 0.481 e. The van der Waals surface area contributed by atoms with Crippen molar-refractivity contribution in [3.63, 3.8) is 0 Å². The predicted octanol–water partition coefficient (Wildman–Crippen LogP) is 0.126. The van der Waals surface area contributed by atoms with E-state index in [9.17, 15) is 9.59 Å². The molecule has 2 amide bonds. The molecule has 0 radical (unpaired) electrons. The van der Waals surface area contributed by atoms with E-state index in [1.165, 1.54) is 0 Å². The number of rotatable bonds is 4. The molecule has 0 atom stereocenters. The molecule has 82 valence electrons. The number of nitrogens with zero attached hydrogens (tertiary/aromatic N) is 1. The Morgan fingerprint density at radius 3 is 2.73 bits per heavy atom. The minimum atomic E-state index is -0.813. The number of carboxylic acids is 1. The molecule has 0 spiro atoms. The van der Waals surface area contributed by atoms with Gasteiger partial charge in [-0.05, 0) is 0 Å². The average Bonchev–Trinajstić information content (AvgIpc) is 2.10. The summed E-state index contributed by atoms with van der Waals surface area (Å²) >= 11 is 0. The number of urea groups is 1. The summed E-state index contributed by atoms with van der Waals surface area (Å²) in [6.07, 6.45) is 5.68. The number of nitrogens with one attached hydrogen (secondary N) is 1. The Hall–Kier alpha value is -1.70. The average molecular weight is 210 g/mol. The first-order valence-corrected chi connectivity index (χ1v) is 4.81. The monoisotopic (exact) mass is 210 g/mol. The van der Waals surface area contributed by atoms with E-state index in [0.717, 1.165) is 0 Å². The highest BCUT2D eigenvalue weighted by Gasteiger charge is 2.31. The lowest BCUT2D eigenvalue weighted by Gasteiger charge is -2.38. The van der Waals surface area contributed by atoms with Crippen LogP contribution >= 0.6 is 0 Å². The topological polar surface area (TPSA) is 69.6 Å². The van der Waals surface area contributed by atoms with Crippen LogP contribution in [0.25, 0.3) is 0 Å². The smallest absolute Gasteiger partial charge is 0.317 e. The number of terminal acetylenes is 1. The van der Waals surface area contributed by atoms with Gasteiger partial charge in [0.05, 0.1) is 6.42 Å². The van der Waals surface area contributed by atoms with Crippen molar-refractivity contribution in [2.45, 2.75) is 12.8 Å². The van der Waals surface area contributed by atoms with Crippen molar-refractivity contribution in [3.05, 3.63) is 0 Å². The third-order valence-electron chi connectivity index (χ3n) is 2.25. The summed E-state index contributed by atoms with van der Waals surface area (Å²) in [6, 6.07) is -0.160. The van der Waals surface area contributed by atoms with Gasteiger partial charge in [-0.3, -0.25) is 4.79 Å². The van der Waals surface area contributed by atoms with Gasteiger partial charge in [0.1, 0.15) is 0 Å². The number of hydrogen-bond acceptors (Lipinski definition) is 2. The zero-order valence-electron chi connectivity index (χ0n) is 8.40. The molecule has 0 aromatic carbocycles. The van der Waals surface area contributed by atoms with Crippen molar-refractivity contribution in [3.8, 4) is 12.3 Å². The van der Waals surface area contributed by atoms with Crippen LogP contribution in [0.15, 0.2) is 0 Å². The van der Waals surface area contributed by atoms with Gasteiger partial charge in [0, 0.05) is 32.0 Å². The van der Waals surface area contributed by atoms with Gasteiger partial charge < -0.3 is 15.3 Å². The molecule has 5 nitrogen and oxygen atoms in total. The van der Waals surface area contributed by atoms with E-state index in [0.29, 0.717) is 26.1 Å². The summed E-state index contributed by atoms with van der Waals surface area (Å²) in [6.45, 7) is 1.51. The zero-order chi connectivity index (χ0) is 11.3. The maximum absolute atomic E-state index is 11.3. The summed E-state index contributed by atoms with van der Waals surface area (Å²) in [5.41, 5.74) is 0. The Bertz CT molecular complexity index is 290. The predicted molar refractivity (Wildman–Crippen MR) is 54.2 cm³/mol. The number of likely N-dealkylation sites (tertiary alicyclic amines) is 1. The van der Waals surface area contributed by atoms with E-state index in [1.807, 2.05) is 0 Å². The molecule has 1 fully saturated rings. The van der Waals surface area contributed by atoms with Crippen LogP contribution in [0.5, 0.6) is 0 Å². The zero-order valence-corrected chi connectivity index (χ0v) is 8.40. The first-order chi connectivity index (χ1) is 7.13. The maximum Gasteiger partial charge on any atom is 0.317 e. The molecule has 1 aliphatic heterocycles. The number of amides is 2. The van der Waals surface area contributed by atoms with Crippen LogP contribution in [-0.4, -0.2) is 41.6 Å². The van der Waals surface area contributed by atoms with Gasteiger partial charge in [0.2, 0.25) is 0 Å². The Balaban J connectivity index is 2.13. The number of aliphatic carboxylic acids is 1. The van der Waals surface area contributed by atoms with Crippen molar-refractivity contribution >= 4 is 12.0 Å². The highest BCUT2D eigenvalue weighted by atomic mass is 16.4. The van der Waals surface area contributed by atoms with Crippen LogP contribution in [0.2, 0.25) is 0 Å². The van der Waals surface area contributed by atoms with Crippen LogP contribution < -0.4 is 5.32 Å². The molecule has 15 heavy (non-hydrogen) atoms. The van der Waals surface area contributed by atoms with Crippen LogP contribution in [0.4, 0.5) is 4.79 Å². The molecule has 0 bridgehead atoms. The highest BCUT2D eigenvalue weighted by Crippen LogP contribution is 2.18. The SMILES string of the molecule is C#CCCNC(=O)N1CC(CC(=O)O)C1. The molecule has 0 saturated carbocycles. The van der Waals surface area contributed by atoms with E-state index in [1.54, 1.807) is 4.90 Å². The second-order valence-electron chi connectivity index (χ2n) is 3.55. The van der Waals surface area contributed by atoms with Gasteiger partial charge in [-0.1, -0.05) is 0 Å². The number of hydrogen-bond donors (Lipinski definition) is 2. The summed E-state index contributed by atoms with van der Waals surface area (Å²) in [7, 11) is 0. The third-order valence-corrected chi connectivity index (χ3v) is 2.25. The van der Waals surface area contributed by atoms with E-state index in [2.05, 4.69) is 11.2 Å². The summed E-state index contributed by atoms with van der Waals surface area (Å²) < 4.78 is 0. The summed E-state index contributed by atoms with van der Waals surface area (Å²) in [4.78, 5) is 23.3. The second-order valence-corrected chi connectivity index (χ2v) is 3.55. The van der Waals surface area contributed by atoms with Crippen LogP contribution in [-0.2, 0) is 4.79 Å². The summed E-state index contributed by atoms with van der Waals surface area (Å²) in [5.74, 6) is 1.71. The second kappa shape index (κ2) is 5.25. The molecule has 0 aliphatic carbocycles. The standard InChI is InChI=1S/C10H14N2O3/c1-2-3-4-11-10(15)12-6-8(7-12)5-9(13)14/h1,8H,3-7H2,(H,11,15)(H,13,14). The van der Waals surface area contributed by atoms with E-state index in [-0.39, 0.29) is 18.4 Å². The fraction of sp³-hybridized carbons (Fsp3) is 0.600. The molecule has 1 saturated heterocycles. The van der Waals surface area contributed by atoms with E-state index >= 15 is 0 Å². The van der Waals surface area contributed by atoms with Crippen LogP contribution in [0.3, 0.4) is 0 Å². The lowest BCUT2D eigenvalue weighted by molar-refractivity contribution is -0.139. The number of carboxylic acid groups (broad SMARTS) is 1. The number of carbonyl (C=O) groups excluding carboxylic acids is 1. The van der Waals surface area contributed by atoms with Crippen LogP contribution in [0.1, 0.15) is 12.8 Å². The molecule has 0 aromatic heterocycles. The van der Waals surface area contributed by atoms with E-state index in [4.69, 9.17) is 11.5 Å². The molecular weight excluding hydrogens is 196 g/mol. The quantitative estimate of drug-likeness (QED) is 0.511. The van der Waals surface area contributed by atoms with Crippen molar-refractivity contribution in [2.24, 2.45) is 5.92 Å². The fourth-order valence-electron chi connectivity index (χ4n) is 1.47. The molecule has 1 heterocycles. The molecule has 1 aliphatic rings. The lowest BCUT2D eigenvalue weighted by atomic mass is 9.97. The molecule has 0 unspecified atom stereocenters. The fourth-order valence-corrected chi connectivity index (χ4v) is 1.47. The minimum Gasteiger partial charge on any atom is -0.481 e. The van der Waals surface area contributed by atoms with Crippen molar-refractivity contribution < 1.29 is 14.7 Å².